The summed E-state index contributed by atoms with van der Waals surface area (Å²) >= 11 is 2.32. The number of β-lactam (4-membered cyclic amide) rings is 1. The van der Waals surface area contributed by atoms with Crippen LogP contribution in [-0.2, 0) is 24.0 Å². The number of nitrogens with zero attached hydrogens (tertiary/aromatic N) is 4. The first-order valence-corrected chi connectivity index (χ1v) is 18.2. The van der Waals surface area contributed by atoms with Crippen LogP contribution < -0.4 is 16.4 Å². The van der Waals surface area contributed by atoms with Gasteiger partial charge in [0.05, 0.1) is 24.7 Å². The molecule has 0 aliphatic carbocycles. The van der Waals surface area contributed by atoms with E-state index in [1.807, 2.05) is 7.05 Å². The van der Waals surface area contributed by atoms with Crippen molar-refractivity contribution in [2.45, 2.75) is 74.7 Å². The van der Waals surface area contributed by atoms with Gasteiger partial charge in [-0.15, -0.1) is 23.1 Å². The molecule has 1 aromatic carbocycles. The number of carbonyl (C=O) groups is 5. The van der Waals surface area contributed by atoms with Crippen LogP contribution in [-0.4, -0.2) is 130 Å². The lowest BCUT2D eigenvalue weighted by Gasteiger charge is -2.52. The number of hydrogen-bond donors (Lipinski definition) is 8. The number of aliphatic carboxylic acids is 2. The van der Waals surface area contributed by atoms with Crippen LogP contribution in [0.4, 0.5) is 5.13 Å². The number of thioether (sulfide) groups is 1. The van der Waals surface area contributed by atoms with Crippen molar-refractivity contribution in [3.8, 4) is 17.2 Å². The number of aromatic nitrogens is 1. The Kier molecular flexibility index (Phi) is 9.51. The summed E-state index contributed by atoms with van der Waals surface area (Å²) in [4.78, 5) is 74.5. The van der Waals surface area contributed by atoms with E-state index >= 15 is 0 Å². The van der Waals surface area contributed by atoms with Crippen molar-refractivity contribution in [2.24, 2.45) is 5.16 Å². The van der Waals surface area contributed by atoms with Crippen LogP contribution in [0.1, 0.15) is 55.6 Å². The number of carboxylic acid groups (broad SMARTS) is 2. The number of phenolic OH excluding ortho intramolecular Hbond substituents is 3. The van der Waals surface area contributed by atoms with Crippen molar-refractivity contribution in [3.63, 3.8) is 0 Å². The number of aromatic hydroxyl groups is 3. The van der Waals surface area contributed by atoms with Crippen molar-refractivity contribution in [2.75, 3.05) is 25.1 Å². The van der Waals surface area contributed by atoms with Crippen LogP contribution in [0.25, 0.3) is 0 Å². The molecule has 2 aromatic rings. The molecule has 20 heteroatoms. The summed E-state index contributed by atoms with van der Waals surface area (Å²) in [6.45, 7) is 2.82. The Morgan fingerprint density at radius 3 is 2.37 bits per heavy atom. The van der Waals surface area contributed by atoms with E-state index < -0.39 is 69.6 Å². The average molecular weight is 761 g/mol. The zero-order chi connectivity index (χ0) is 37.9. The Hall–Kier alpha value is -5.08. The van der Waals surface area contributed by atoms with Crippen LogP contribution in [0.3, 0.4) is 0 Å². The Labute approximate surface area is 304 Å². The zero-order valence-corrected chi connectivity index (χ0v) is 29.9. The van der Waals surface area contributed by atoms with Crippen LogP contribution in [0.15, 0.2) is 33.9 Å². The lowest BCUT2D eigenvalue weighted by atomic mass is 9.92. The van der Waals surface area contributed by atoms with Crippen LogP contribution in [0, 0.1) is 0 Å². The normalized spacial score (nSPS) is 27.1. The number of thiazole rings is 1. The summed E-state index contributed by atoms with van der Waals surface area (Å²) < 4.78 is 0.514. The van der Waals surface area contributed by atoms with Gasteiger partial charge in [0.2, 0.25) is 11.4 Å². The standard InChI is InChI=1S/C32H37N7O11S2/c1-32(2,30(48)49)50-37-20(18-12-52-31(33)35-18)26(44)36-21-27(45)38-22(29(46)47)13(11-51-28(21)38)10-39(3)15-4-5-16(39)9-14(8-15)34-25(43)17-6-7-19(40)24(42)23(17)41/h6-7,12,14-16,21,28H,4-5,8-11H2,1-3H3,(H8-,33,34,35,36,37,40,41,42,43,44,46,47,48,49)/p+1/t14-,15+,16-,21-,28-,39?/m1/s1. The molecule has 5 heterocycles. The molecule has 52 heavy (non-hydrogen) atoms. The zero-order valence-electron chi connectivity index (χ0n) is 28.2. The third-order valence-electron chi connectivity index (χ3n) is 10.3. The average Bonchev–Trinajstić information content (AvgIpc) is 3.54. The van der Waals surface area contributed by atoms with Crippen molar-refractivity contribution >= 4 is 63.6 Å². The van der Waals surface area contributed by atoms with E-state index in [2.05, 4.69) is 20.8 Å². The molecule has 2 bridgehead atoms. The molecule has 278 valence electrons. The maximum atomic E-state index is 13.5. The number of amides is 3. The Morgan fingerprint density at radius 1 is 1.10 bits per heavy atom. The van der Waals surface area contributed by atoms with E-state index in [1.165, 1.54) is 42.0 Å². The van der Waals surface area contributed by atoms with Crippen molar-refractivity contribution in [1.29, 1.82) is 0 Å². The molecule has 3 saturated heterocycles. The highest BCUT2D eigenvalue weighted by Crippen LogP contribution is 2.46. The molecular weight excluding hydrogens is 723 g/mol. The second kappa shape index (κ2) is 13.5. The number of carbonyl (C=O) groups excluding carboxylic acids is 3. The van der Waals surface area contributed by atoms with Crippen LogP contribution in [0.5, 0.6) is 17.2 Å². The number of likely N-dealkylation sites (N-methyl/N-ethyl adjacent to an activating group) is 1. The molecule has 0 spiro atoms. The number of carboxylic acids is 2. The number of nitrogens with one attached hydrogen (secondary N) is 2. The highest BCUT2D eigenvalue weighted by atomic mass is 32.2. The Bertz CT molecular complexity index is 1910. The molecule has 1 unspecified atom stereocenters. The summed E-state index contributed by atoms with van der Waals surface area (Å²) in [5.41, 5.74) is 3.80. The predicted molar refractivity (Wildman–Crippen MR) is 185 cm³/mol. The molecule has 3 fully saturated rings. The van der Waals surface area contributed by atoms with Crippen molar-refractivity contribution < 1.29 is 58.8 Å². The first-order valence-electron chi connectivity index (χ1n) is 16.2. The highest BCUT2D eigenvalue weighted by Gasteiger charge is 2.57. The number of benzene rings is 1. The smallest absolute Gasteiger partial charge is 0.352 e. The fourth-order valence-corrected chi connectivity index (χ4v) is 9.24. The molecule has 6 rings (SSSR count). The van der Waals surface area contributed by atoms with Gasteiger partial charge >= 0.3 is 11.9 Å². The van der Waals surface area contributed by atoms with E-state index in [1.54, 1.807) is 0 Å². The molecule has 0 saturated carbocycles. The molecule has 9 N–H and O–H groups in total. The first-order chi connectivity index (χ1) is 24.4. The summed E-state index contributed by atoms with van der Waals surface area (Å²) in [5.74, 6) is -6.51. The summed E-state index contributed by atoms with van der Waals surface area (Å²) in [7, 11) is 2.05. The van der Waals surface area contributed by atoms with Gasteiger partial charge in [0.25, 0.3) is 17.7 Å². The minimum absolute atomic E-state index is 0.00208. The number of phenols is 3. The van der Waals surface area contributed by atoms with Crippen LogP contribution in [0.2, 0.25) is 0 Å². The van der Waals surface area contributed by atoms with E-state index in [4.69, 9.17) is 10.6 Å². The maximum absolute atomic E-state index is 13.5. The second-order valence-corrected chi connectivity index (χ2v) is 15.9. The van der Waals surface area contributed by atoms with Gasteiger partial charge < -0.3 is 51.2 Å². The predicted octanol–water partition coefficient (Wildman–Crippen LogP) is 0.735. The highest BCUT2D eigenvalue weighted by molar-refractivity contribution is 8.00. The number of piperidine rings is 1. The van der Waals surface area contributed by atoms with Gasteiger partial charge in [0.15, 0.2) is 22.3 Å². The third kappa shape index (κ3) is 6.45. The molecule has 4 aliphatic rings. The topological polar surface area (TPSA) is 274 Å². The molecule has 1 aromatic heterocycles. The van der Waals surface area contributed by atoms with Gasteiger partial charge in [-0.25, -0.2) is 14.6 Å². The van der Waals surface area contributed by atoms with Crippen molar-refractivity contribution in [1.82, 2.24) is 20.5 Å². The van der Waals surface area contributed by atoms with E-state index in [0.717, 1.165) is 30.2 Å². The molecule has 18 nitrogen and oxygen atoms in total. The van der Waals surface area contributed by atoms with Gasteiger partial charge in [0.1, 0.15) is 29.4 Å². The van der Waals surface area contributed by atoms with E-state index in [9.17, 15) is 49.5 Å². The largest absolute Gasteiger partial charge is 0.504 e. The van der Waals surface area contributed by atoms with Gasteiger partial charge in [-0.05, 0) is 26.0 Å². The fourth-order valence-electron chi connectivity index (χ4n) is 7.36. The number of nitrogens with two attached hydrogens (primary N) is 1. The number of oxime groups is 1. The number of rotatable bonds is 11. The summed E-state index contributed by atoms with van der Waals surface area (Å²) in [6.07, 6.45) is 2.83. The van der Waals surface area contributed by atoms with E-state index in [0.29, 0.717) is 29.4 Å². The quantitative estimate of drug-likeness (QED) is 0.0516. The molecular formula is C32H38N7O11S2+. The van der Waals surface area contributed by atoms with Crippen molar-refractivity contribution in [3.05, 3.63) is 40.0 Å². The van der Waals surface area contributed by atoms with Gasteiger partial charge in [0, 0.05) is 48.4 Å². The number of quaternary nitrogens is 1. The number of anilines is 1. The molecule has 3 amide bonds. The molecule has 0 radical (unpaired) electrons. The molecule has 6 atom stereocenters. The second-order valence-electron chi connectivity index (χ2n) is 13.9. The monoisotopic (exact) mass is 760 g/mol. The number of fused-ring (bicyclic) bond motifs is 3. The lowest BCUT2D eigenvalue weighted by molar-refractivity contribution is -0.944. The minimum Gasteiger partial charge on any atom is -0.504 e. The van der Waals surface area contributed by atoms with E-state index in [-0.39, 0.29) is 46.0 Å². The lowest BCUT2D eigenvalue weighted by Crippen LogP contribution is -2.71. The maximum Gasteiger partial charge on any atom is 0.352 e. The fraction of sp³-hybridized carbons (Fsp3) is 0.469. The summed E-state index contributed by atoms with van der Waals surface area (Å²) in [6, 6.07) is 1.09. The Balaban J connectivity index is 1.16. The first kappa shape index (κ1) is 36.7. The Morgan fingerprint density at radius 2 is 1.77 bits per heavy atom. The number of nitrogen functional groups attached to an aromatic ring is 1. The number of hydrogen-bond acceptors (Lipinski definition) is 14. The van der Waals surface area contributed by atoms with Gasteiger partial charge in [-0.2, -0.15) is 0 Å². The molecule has 4 aliphatic heterocycles. The van der Waals surface area contributed by atoms with Gasteiger partial charge in [-0.1, -0.05) is 5.16 Å². The minimum atomic E-state index is -1.79. The third-order valence-corrected chi connectivity index (χ3v) is 12.3. The summed E-state index contributed by atoms with van der Waals surface area (Å²) in [5, 5.41) is 59.5. The SMILES string of the molecule is CC(C)(O/N=C(\C(=O)N[C@@H]1C(=O)N2C(C(=O)O)=C(C[N+]3(C)[C@@H]4CC[C@H]3C[C@@H](NC(=O)c3ccc(O)c(O)c3O)C4)CS[C@H]12)c1csc(N)n1)C(=O)O. The van der Waals surface area contributed by atoms with Gasteiger partial charge in [-0.3, -0.25) is 19.3 Å². The van der Waals surface area contributed by atoms with Crippen LogP contribution >= 0.6 is 23.1 Å².